The maximum atomic E-state index is 12.7. The first-order chi connectivity index (χ1) is 20.5. The van der Waals surface area contributed by atoms with Gasteiger partial charge in [0.15, 0.2) is 6.61 Å². The summed E-state index contributed by atoms with van der Waals surface area (Å²) in [5.74, 6) is 2.91. The Kier molecular flexibility index (Phi) is 8.91. The van der Waals surface area contributed by atoms with E-state index in [1.165, 1.54) is 0 Å². The van der Waals surface area contributed by atoms with E-state index in [4.69, 9.17) is 20.9 Å². The molecule has 0 bridgehead atoms. The van der Waals surface area contributed by atoms with Gasteiger partial charge in [-0.3, -0.25) is 15.1 Å². The Bertz CT molecular complexity index is 1710. The largest absolute Gasteiger partial charge is 0.484 e. The van der Waals surface area contributed by atoms with E-state index in [2.05, 4.69) is 38.4 Å². The van der Waals surface area contributed by atoms with Gasteiger partial charge < -0.3 is 9.47 Å². The van der Waals surface area contributed by atoms with Crippen molar-refractivity contribution >= 4 is 11.9 Å². The molecule has 42 heavy (non-hydrogen) atoms. The zero-order valence-corrected chi connectivity index (χ0v) is 23.3. The van der Waals surface area contributed by atoms with E-state index < -0.39 is 5.91 Å². The number of amides is 1. The number of anilines is 1. The van der Waals surface area contributed by atoms with Gasteiger partial charge in [-0.2, -0.15) is 0 Å². The van der Waals surface area contributed by atoms with Crippen LogP contribution in [-0.4, -0.2) is 49.6 Å². The van der Waals surface area contributed by atoms with Crippen molar-refractivity contribution in [1.82, 2.24) is 29.9 Å². The van der Waals surface area contributed by atoms with E-state index in [0.29, 0.717) is 34.9 Å². The summed E-state index contributed by atoms with van der Waals surface area (Å²) in [5.41, 5.74) is 4.69. The van der Waals surface area contributed by atoms with Crippen LogP contribution in [0.1, 0.15) is 36.4 Å². The van der Waals surface area contributed by atoms with Crippen LogP contribution in [0.4, 0.5) is 5.95 Å². The molecule has 5 aromatic rings. The lowest BCUT2D eigenvalue weighted by Crippen LogP contribution is -2.21. The topological polar surface area (TPSA) is 117 Å². The zero-order chi connectivity index (χ0) is 29.3. The summed E-state index contributed by atoms with van der Waals surface area (Å²) in [6, 6.07) is 24.1. The Morgan fingerprint density at radius 1 is 0.976 bits per heavy atom. The molecule has 10 heteroatoms. The number of terminal acetylenes is 1. The molecule has 0 fully saturated rings. The lowest BCUT2D eigenvalue weighted by Gasteiger charge is -2.13. The average molecular weight is 560 g/mol. The lowest BCUT2D eigenvalue weighted by atomic mass is 10.1. The minimum absolute atomic E-state index is 0.0737. The molecule has 0 aliphatic heterocycles. The van der Waals surface area contributed by atoms with E-state index in [9.17, 15) is 4.79 Å². The summed E-state index contributed by atoms with van der Waals surface area (Å²) in [7, 11) is 1.68. The van der Waals surface area contributed by atoms with Gasteiger partial charge in [0.1, 0.15) is 11.4 Å². The summed E-state index contributed by atoms with van der Waals surface area (Å²) < 4.78 is 12.8. The highest BCUT2D eigenvalue weighted by molar-refractivity contribution is 5.90. The number of benzene rings is 2. The molecule has 210 valence electrons. The maximum absolute atomic E-state index is 12.7. The third-order valence-electron chi connectivity index (χ3n) is 6.35. The zero-order valence-electron chi connectivity index (χ0n) is 23.3. The van der Waals surface area contributed by atoms with Crippen LogP contribution in [-0.2, 0) is 16.1 Å². The molecule has 0 saturated carbocycles. The molecule has 0 aliphatic rings. The van der Waals surface area contributed by atoms with E-state index in [0.717, 1.165) is 23.4 Å². The number of pyridine rings is 1. The third kappa shape index (κ3) is 7.02. The molecular weight excluding hydrogens is 530 g/mol. The monoisotopic (exact) mass is 559 g/mol. The summed E-state index contributed by atoms with van der Waals surface area (Å²) >= 11 is 0. The molecule has 5 rings (SSSR count). The van der Waals surface area contributed by atoms with Gasteiger partial charge in [0.25, 0.3) is 5.91 Å². The van der Waals surface area contributed by atoms with Crippen LogP contribution in [0.2, 0.25) is 0 Å². The number of nitrogens with one attached hydrogen (secondary N) is 1. The number of hydrogen-bond acceptors (Lipinski definition) is 8. The Labute approximate surface area is 243 Å². The van der Waals surface area contributed by atoms with Gasteiger partial charge >= 0.3 is 0 Å². The normalized spacial score (nSPS) is 11.5. The second-order valence-electron chi connectivity index (χ2n) is 9.32. The Balaban J connectivity index is 1.41. The van der Waals surface area contributed by atoms with Crippen molar-refractivity contribution in [3.63, 3.8) is 0 Å². The summed E-state index contributed by atoms with van der Waals surface area (Å²) in [4.78, 5) is 26.6. The minimum atomic E-state index is -0.407. The molecule has 0 radical (unpaired) electrons. The second-order valence-corrected chi connectivity index (χ2v) is 9.32. The van der Waals surface area contributed by atoms with Crippen molar-refractivity contribution in [2.75, 3.05) is 19.0 Å². The van der Waals surface area contributed by atoms with Crippen molar-refractivity contribution in [2.45, 2.75) is 26.0 Å². The lowest BCUT2D eigenvalue weighted by molar-refractivity contribution is -0.118. The molecule has 0 saturated heterocycles. The number of aromatic nitrogens is 6. The Morgan fingerprint density at radius 3 is 2.57 bits per heavy atom. The number of ether oxygens (including phenoxy) is 2. The summed E-state index contributed by atoms with van der Waals surface area (Å²) in [6.07, 6.45) is 8.13. The number of carbonyl (C=O) groups excluding carboxylic acids is 1. The molecule has 3 heterocycles. The van der Waals surface area contributed by atoms with Crippen molar-refractivity contribution < 1.29 is 14.3 Å². The predicted molar refractivity (Wildman–Crippen MR) is 158 cm³/mol. The van der Waals surface area contributed by atoms with Crippen molar-refractivity contribution in [3.8, 4) is 40.7 Å². The highest BCUT2D eigenvalue weighted by atomic mass is 16.5. The fraction of sp³-hybridized carbons (Fsp3) is 0.188. The fourth-order valence-corrected chi connectivity index (χ4v) is 4.30. The quantitative estimate of drug-likeness (QED) is 0.226. The van der Waals surface area contributed by atoms with Crippen LogP contribution < -0.4 is 10.1 Å². The van der Waals surface area contributed by atoms with E-state index in [-0.39, 0.29) is 18.7 Å². The van der Waals surface area contributed by atoms with Gasteiger partial charge in [-0.1, -0.05) is 54.5 Å². The van der Waals surface area contributed by atoms with Crippen LogP contribution in [0.3, 0.4) is 0 Å². The summed E-state index contributed by atoms with van der Waals surface area (Å²) in [5, 5.41) is 11.4. The molecule has 1 N–H and O–H groups in total. The standard InChI is InChI=1S/C32H29N7O3/c1-4-22-11-9-12-23(17-22)27-18-28(35-32(34-27)36-31(40)21-42-25-14-7-6-8-15-25)29-20-39(38-37-29)19-24-13-10-16-26(33-24)30(5-2)41-3/h1,6-18,20,30H,5,19,21H2,2-3H3,(H,34,35,36,40). The van der Waals surface area contributed by atoms with Gasteiger partial charge in [0.2, 0.25) is 5.95 Å². The number of methoxy groups -OCH3 is 1. The van der Waals surface area contributed by atoms with Crippen LogP contribution >= 0.6 is 0 Å². The van der Waals surface area contributed by atoms with Gasteiger partial charge in [-0.05, 0) is 48.9 Å². The molecule has 1 atom stereocenters. The smallest absolute Gasteiger partial charge is 0.264 e. The van der Waals surface area contributed by atoms with E-state index in [1.54, 1.807) is 36.2 Å². The highest BCUT2D eigenvalue weighted by Crippen LogP contribution is 2.25. The van der Waals surface area contributed by atoms with Crippen molar-refractivity contribution in [3.05, 3.63) is 102 Å². The number of rotatable bonds is 11. The first-order valence-electron chi connectivity index (χ1n) is 13.4. The summed E-state index contributed by atoms with van der Waals surface area (Å²) in [6.45, 7) is 2.26. The molecule has 1 amide bonds. The predicted octanol–water partition coefficient (Wildman–Crippen LogP) is 4.94. The number of para-hydroxylation sites is 1. The SMILES string of the molecule is C#Cc1cccc(-c2cc(-c3cn(Cc4cccc(C(CC)OC)n4)nn3)nc(NC(=O)COc3ccccc3)n2)c1. The molecule has 1 unspecified atom stereocenters. The van der Waals surface area contributed by atoms with Crippen LogP contribution in [0, 0.1) is 12.3 Å². The van der Waals surface area contributed by atoms with Crippen LogP contribution in [0.5, 0.6) is 5.75 Å². The first kappa shape index (κ1) is 28.1. The molecule has 0 spiro atoms. The second kappa shape index (κ2) is 13.3. The Morgan fingerprint density at radius 2 is 1.79 bits per heavy atom. The third-order valence-corrected chi connectivity index (χ3v) is 6.35. The van der Waals surface area contributed by atoms with E-state index in [1.807, 2.05) is 60.7 Å². The van der Waals surface area contributed by atoms with Crippen molar-refractivity contribution in [1.29, 1.82) is 0 Å². The molecule has 2 aromatic carbocycles. The van der Waals surface area contributed by atoms with Gasteiger partial charge in [0, 0.05) is 18.2 Å². The molecule has 10 nitrogen and oxygen atoms in total. The molecule has 3 aromatic heterocycles. The highest BCUT2D eigenvalue weighted by Gasteiger charge is 2.15. The van der Waals surface area contributed by atoms with Crippen LogP contribution in [0.15, 0.2) is 85.1 Å². The minimum Gasteiger partial charge on any atom is -0.484 e. The van der Waals surface area contributed by atoms with E-state index >= 15 is 0 Å². The van der Waals surface area contributed by atoms with Gasteiger partial charge in [-0.25, -0.2) is 14.6 Å². The number of carbonyl (C=O) groups is 1. The molecule has 0 aliphatic carbocycles. The van der Waals surface area contributed by atoms with Crippen molar-refractivity contribution in [2.24, 2.45) is 0 Å². The first-order valence-corrected chi connectivity index (χ1v) is 13.4. The van der Waals surface area contributed by atoms with Gasteiger partial charge in [-0.15, -0.1) is 11.5 Å². The number of nitrogens with zero attached hydrogens (tertiary/aromatic N) is 6. The van der Waals surface area contributed by atoms with Crippen LogP contribution in [0.25, 0.3) is 22.6 Å². The average Bonchev–Trinajstić information content (AvgIpc) is 3.50. The number of hydrogen-bond donors (Lipinski definition) is 1. The van der Waals surface area contributed by atoms with Gasteiger partial charge in [0.05, 0.1) is 41.6 Å². The fourth-order valence-electron chi connectivity index (χ4n) is 4.30. The molecular formula is C32H29N7O3. The maximum Gasteiger partial charge on any atom is 0.264 e. The Hall–Kier alpha value is -5.40.